The molecule has 2 aromatic rings. The summed E-state index contributed by atoms with van der Waals surface area (Å²) in [6.45, 7) is 0.300. The van der Waals surface area contributed by atoms with E-state index in [1.54, 1.807) is 6.07 Å². The molecule has 2 N–H and O–H groups in total. The van der Waals surface area contributed by atoms with E-state index in [1.807, 2.05) is 0 Å². The van der Waals surface area contributed by atoms with Crippen LogP contribution >= 0.6 is 27.3 Å². The smallest absolute Gasteiger partial charge is 0.410 e. The molecule has 33 heavy (non-hydrogen) atoms. The van der Waals surface area contributed by atoms with Crippen LogP contribution in [0.3, 0.4) is 0 Å². The Labute approximate surface area is 200 Å². The summed E-state index contributed by atoms with van der Waals surface area (Å²) in [7, 11) is 0. The van der Waals surface area contributed by atoms with Crippen molar-refractivity contribution in [2.24, 2.45) is 0 Å². The van der Waals surface area contributed by atoms with Crippen LogP contribution in [0.2, 0.25) is 0 Å². The molecule has 1 amide bonds. The first-order chi connectivity index (χ1) is 15.6. The van der Waals surface area contributed by atoms with E-state index in [1.165, 1.54) is 29.2 Å². The van der Waals surface area contributed by atoms with Crippen molar-refractivity contribution >= 4 is 39.3 Å². The number of aliphatic hydroxyl groups is 1. The summed E-state index contributed by atoms with van der Waals surface area (Å²) >= 11 is 3.96. The van der Waals surface area contributed by atoms with Crippen molar-refractivity contribution in [1.29, 1.82) is 0 Å². The van der Waals surface area contributed by atoms with Gasteiger partial charge in [-0.3, -0.25) is 0 Å². The topological polar surface area (TPSA) is 87.1 Å². The lowest BCUT2D eigenvalue weighted by Crippen LogP contribution is -2.45. The third kappa shape index (κ3) is 6.15. The number of thiophene rings is 1. The summed E-state index contributed by atoms with van der Waals surface area (Å²) in [5, 5.41) is 19.1. The fourth-order valence-corrected chi connectivity index (χ4v) is 4.74. The Morgan fingerprint density at radius 2 is 2.15 bits per heavy atom. The third-order valence-electron chi connectivity index (χ3n) is 5.12. The monoisotopic (exact) mass is 547 g/mol. The van der Waals surface area contributed by atoms with Crippen LogP contribution in [0, 0.1) is 5.82 Å². The lowest BCUT2D eigenvalue weighted by Gasteiger charge is -2.33. The van der Waals surface area contributed by atoms with Gasteiger partial charge in [-0.2, -0.15) is 8.78 Å². The number of benzene rings is 1. The van der Waals surface area contributed by atoms with E-state index in [9.17, 15) is 27.9 Å². The van der Waals surface area contributed by atoms with Crippen molar-refractivity contribution in [1.82, 2.24) is 4.90 Å². The van der Waals surface area contributed by atoms with Crippen LogP contribution in [0.15, 0.2) is 47.0 Å². The lowest BCUT2D eigenvalue weighted by atomic mass is 10.0. The number of cyclic esters (lactones) is 1. The van der Waals surface area contributed by atoms with Crippen LogP contribution in [0.4, 0.5) is 18.0 Å². The molecule has 2 heterocycles. The fourth-order valence-electron chi connectivity index (χ4n) is 3.43. The number of amides is 1. The summed E-state index contributed by atoms with van der Waals surface area (Å²) < 4.78 is 48.4. The molecule has 1 fully saturated rings. The minimum absolute atomic E-state index is 0.112. The van der Waals surface area contributed by atoms with Crippen molar-refractivity contribution < 1.29 is 37.7 Å². The fraction of sp³-hybridized carbons (Fsp3) is 0.364. The standard InChI is InChI=1S/C22H21BrF3NO5S/c23-14-4-1-3-13(11-14)22(25,26)18(28)7-6-15-8-10-32-21(31)27(15)9-2-5-16-12-17(24)19(33-16)20(29)30/h1,3-4,6-7,11-12,15,18,28H,2,5,8-10H2,(H,29,30). The van der Waals surface area contributed by atoms with E-state index in [4.69, 9.17) is 9.84 Å². The van der Waals surface area contributed by atoms with Gasteiger partial charge in [-0.25, -0.2) is 14.0 Å². The number of halogens is 4. The second-order valence-electron chi connectivity index (χ2n) is 7.43. The van der Waals surface area contributed by atoms with E-state index in [-0.39, 0.29) is 23.6 Å². The maximum atomic E-state index is 14.6. The number of rotatable bonds is 9. The van der Waals surface area contributed by atoms with Gasteiger partial charge >= 0.3 is 18.0 Å². The minimum atomic E-state index is -3.54. The summed E-state index contributed by atoms with van der Waals surface area (Å²) in [5.74, 6) is -5.68. The van der Waals surface area contributed by atoms with Gasteiger partial charge in [0.25, 0.3) is 0 Å². The number of hydrogen-bond acceptors (Lipinski definition) is 5. The van der Waals surface area contributed by atoms with Crippen LogP contribution in [-0.4, -0.2) is 52.5 Å². The molecule has 1 aliphatic heterocycles. The van der Waals surface area contributed by atoms with Gasteiger partial charge in [-0.15, -0.1) is 11.3 Å². The van der Waals surface area contributed by atoms with Crippen molar-refractivity contribution in [3.05, 3.63) is 68.1 Å². The third-order valence-corrected chi connectivity index (χ3v) is 6.78. The summed E-state index contributed by atoms with van der Waals surface area (Å²) in [6.07, 6.45) is 0.694. The van der Waals surface area contributed by atoms with Crippen LogP contribution in [0.1, 0.15) is 33.0 Å². The van der Waals surface area contributed by atoms with Crippen LogP contribution in [0.25, 0.3) is 0 Å². The number of aliphatic hydroxyl groups excluding tert-OH is 1. The highest BCUT2D eigenvalue weighted by molar-refractivity contribution is 9.10. The van der Waals surface area contributed by atoms with Crippen molar-refractivity contribution in [3.8, 4) is 0 Å². The molecule has 1 aromatic heterocycles. The number of alkyl halides is 2. The molecule has 2 unspecified atom stereocenters. The summed E-state index contributed by atoms with van der Waals surface area (Å²) in [6, 6.07) is 6.08. The van der Waals surface area contributed by atoms with E-state index >= 15 is 0 Å². The van der Waals surface area contributed by atoms with Gasteiger partial charge in [0.15, 0.2) is 0 Å². The molecule has 0 spiro atoms. The average molecular weight is 548 g/mol. The molecule has 0 radical (unpaired) electrons. The van der Waals surface area contributed by atoms with Gasteiger partial charge < -0.3 is 19.8 Å². The Hall–Kier alpha value is -2.37. The Balaban J connectivity index is 1.64. The van der Waals surface area contributed by atoms with Crippen LogP contribution in [0.5, 0.6) is 0 Å². The number of aromatic carboxylic acids is 1. The first-order valence-corrected chi connectivity index (χ1v) is 11.7. The molecule has 1 aromatic carbocycles. The quantitative estimate of drug-likeness (QED) is 0.421. The number of carbonyl (C=O) groups excluding carboxylic acids is 1. The number of ether oxygens (including phenoxy) is 1. The van der Waals surface area contributed by atoms with Crippen LogP contribution in [-0.2, 0) is 17.1 Å². The molecule has 0 aliphatic carbocycles. The Morgan fingerprint density at radius 1 is 1.39 bits per heavy atom. The van der Waals surface area contributed by atoms with E-state index in [0.29, 0.717) is 28.6 Å². The molecule has 1 saturated heterocycles. The average Bonchev–Trinajstić information content (AvgIpc) is 3.14. The van der Waals surface area contributed by atoms with Gasteiger partial charge in [-0.1, -0.05) is 40.2 Å². The van der Waals surface area contributed by atoms with Crippen molar-refractivity contribution in [3.63, 3.8) is 0 Å². The number of nitrogens with zero attached hydrogens (tertiary/aromatic N) is 1. The van der Waals surface area contributed by atoms with Gasteiger partial charge in [0, 0.05) is 27.9 Å². The minimum Gasteiger partial charge on any atom is -0.477 e. The number of carbonyl (C=O) groups is 2. The van der Waals surface area contributed by atoms with E-state index < -0.39 is 35.9 Å². The second-order valence-corrected chi connectivity index (χ2v) is 9.48. The highest BCUT2D eigenvalue weighted by Crippen LogP contribution is 2.34. The van der Waals surface area contributed by atoms with Crippen LogP contribution < -0.4 is 0 Å². The zero-order valence-corrected chi connectivity index (χ0v) is 19.6. The van der Waals surface area contributed by atoms with E-state index in [2.05, 4.69) is 15.9 Å². The van der Waals surface area contributed by atoms with Gasteiger partial charge in [0.2, 0.25) is 0 Å². The maximum absolute atomic E-state index is 14.6. The SMILES string of the molecule is O=C(O)c1sc(CCCN2C(=O)OCCC2C=CC(O)C(F)(F)c2cccc(Br)c2)cc1F. The Kier molecular flexibility index (Phi) is 8.19. The molecule has 11 heteroatoms. The van der Waals surface area contributed by atoms with Gasteiger partial charge in [0.05, 0.1) is 12.6 Å². The maximum Gasteiger partial charge on any atom is 0.410 e. The number of carboxylic acids is 1. The van der Waals surface area contributed by atoms with Gasteiger partial charge in [0.1, 0.15) is 16.8 Å². The molecule has 3 rings (SSSR count). The molecule has 178 valence electrons. The lowest BCUT2D eigenvalue weighted by molar-refractivity contribution is -0.0930. The van der Waals surface area contributed by atoms with Crippen molar-refractivity contribution in [2.45, 2.75) is 37.3 Å². The zero-order valence-electron chi connectivity index (χ0n) is 17.2. The molecule has 0 bridgehead atoms. The molecular formula is C22H21BrF3NO5S. The highest BCUT2D eigenvalue weighted by atomic mass is 79.9. The first kappa shape index (κ1) is 25.3. The second kappa shape index (κ2) is 10.7. The zero-order chi connectivity index (χ0) is 24.2. The Morgan fingerprint density at radius 3 is 2.82 bits per heavy atom. The molecular weight excluding hydrogens is 527 g/mol. The predicted molar refractivity (Wildman–Crippen MR) is 119 cm³/mol. The Bertz CT molecular complexity index is 1040. The van der Waals surface area contributed by atoms with Gasteiger partial charge in [-0.05, 0) is 31.0 Å². The number of aryl methyl sites for hydroxylation is 1. The number of carboxylic acid groups (broad SMARTS) is 1. The summed E-state index contributed by atoms with van der Waals surface area (Å²) in [5.41, 5.74) is -0.349. The largest absolute Gasteiger partial charge is 0.477 e. The molecule has 2 atom stereocenters. The molecule has 0 saturated carbocycles. The van der Waals surface area contributed by atoms with Crippen molar-refractivity contribution in [2.75, 3.05) is 13.2 Å². The normalized spacial score (nSPS) is 17.9. The number of hydrogen-bond donors (Lipinski definition) is 2. The first-order valence-electron chi connectivity index (χ1n) is 10.0. The predicted octanol–water partition coefficient (Wildman–Crippen LogP) is 5.20. The van der Waals surface area contributed by atoms with E-state index in [0.717, 1.165) is 23.5 Å². The highest BCUT2D eigenvalue weighted by Gasteiger charge is 2.39. The summed E-state index contributed by atoms with van der Waals surface area (Å²) in [4.78, 5) is 24.7. The molecule has 1 aliphatic rings. The molecule has 6 nitrogen and oxygen atoms in total.